The first-order valence-electron chi connectivity index (χ1n) is 7.29. The molecule has 1 heterocycles. The van der Waals surface area contributed by atoms with E-state index in [0.29, 0.717) is 18.9 Å². The molecule has 1 rings (SSSR count). The second kappa shape index (κ2) is 8.48. The first-order chi connectivity index (χ1) is 8.71. The maximum Gasteiger partial charge on any atom is 0.222 e. The van der Waals surface area contributed by atoms with Gasteiger partial charge < -0.3 is 15.7 Å². The number of rotatable bonds is 7. The lowest BCUT2D eigenvalue weighted by Crippen LogP contribution is -2.41. The van der Waals surface area contributed by atoms with Gasteiger partial charge in [0.1, 0.15) is 0 Å². The zero-order valence-corrected chi connectivity index (χ0v) is 11.6. The molecule has 18 heavy (non-hydrogen) atoms. The van der Waals surface area contributed by atoms with E-state index in [9.17, 15) is 4.79 Å². The Labute approximate surface area is 111 Å². The normalized spacial score (nSPS) is 21.9. The Morgan fingerprint density at radius 2 is 2.28 bits per heavy atom. The van der Waals surface area contributed by atoms with Crippen LogP contribution >= 0.6 is 0 Å². The van der Waals surface area contributed by atoms with Gasteiger partial charge in [-0.15, -0.1) is 0 Å². The molecule has 1 fully saturated rings. The number of hydrogen-bond donors (Lipinski definition) is 2. The van der Waals surface area contributed by atoms with Crippen LogP contribution in [-0.4, -0.2) is 42.2 Å². The topological polar surface area (TPSA) is 66.6 Å². The standard InChI is InChI=1S/C14H28N2O2/c1-2-12(7-8-15)5-6-14(18)16-9-3-4-13(10-16)11-17/h12-13,17H,2-11,15H2,1H3. The van der Waals surface area contributed by atoms with Crippen LogP contribution in [0.1, 0.15) is 45.4 Å². The van der Waals surface area contributed by atoms with Crippen molar-refractivity contribution < 1.29 is 9.90 Å². The highest BCUT2D eigenvalue weighted by atomic mass is 16.3. The predicted molar refractivity (Wildman–Crippen MR) is 73.1 cm³/mol. The van der Waals surface area contributed by atoms with Crippen molar-refractivity contribution in [2.75, 3.05) is 26.2 Å². The molecule has 0 aromatic rings. The Bertz CT molecular complexity index is 246. The lowest BCUT2D eigenvalue weighted by molar-refractivity contribution is -0.133. The summed E-state index contributed by atoms with van der Waals surface area (Å²) in [6.07, 6.45) is 5.78. The van der Waals surface area contributed by atoms with Crippen molar-refractivity contribution in [1.29, 1.82) is 0 Å². The predicted octanol–water partition coefficient (Wildman–Crippen LogP) is 1.37. The van der Waals surface area contributed by atoms with Crippen LogP contribution in [0.15, 0.2) is 0 Å². The Kier molecular flexibility index (Phi) is 7.28. The van der Waals surface area contributed by atoms with Crippen molar-refractivity contribution in [2.45, 2.75) is 45.4 Å². The van der Waals surface area contributed by atoms with Gasteiger partial charge in [-0.3, -0.25) is 4.79 Å². The lowest BCUT2D eigenvalue weighted by Gasteiger charge is -2.32. The molecule has 3 N–H and O–H groups in total. The van der Waals surface area contributed by atoms with Crippen LogP contribution in [0.3, 0.4) is 0 Å². The van der Waals surface area contributed by atoms with Gasteiger partial charge in [-0.05, 0) is 44.1 Å². The Hall–Kier alpha value is -0.610. The van der Waals surface area contributed by atoms with Gasteiger partial charge in [-0.1, -0.05) is 13.3 Å². The monoisotopic (exact) mass is 256 g/mol. The quantitative estimate of drug-likeness (QED) is 0.723. The fraction of sp³-hybridized carbons (Fsp3) is 0.929. The molecule has 4 heteroatoms. The Balaban J connectivity index is 2.31. The molecule has 0 radical (unpaired) electrons. The molecule has 0 bridgehead atoms. The number of nitrogens with two attached hydrogens (primary N) is 1. The first-order valence-corrected chi connectivity index (χ1v) is 7.29. The number of hydrogen-bond acceptors (Lipinski definition) is 3. The summed E-state index contributed by atoms with van der Waals surface area (Å²) in [5.74, 6) is 1.12. The maximum absolute atomic E-state index is 12.1. The summed E-state index contributed by atoms with van der Waals surface area (Å²) in [6.45, 7) is 4.68. The molecule has 0 aromatic carbocycles. The first kappa shape index (κ1) is 15.4. The number of aliphatic hydroxyl groups is 1. The van der Waals surface area contributed by atoms with Crippen molar-refractivity contribution in [2.24, 2.45) is 17.6 Å². The molecule has 4 nitrogen and oxygen atoms in total. The molecule has 1 aliphatic rings. The molecule has 1 amide bonds. The van der Waals surface area contributed by atoms with Crippen molar-refractivity contribution >= 4 is 5.91 Å². The molecule has 1 aliphatic heterocycles. The maximum atomic E-state index is 12.1. The third-order valence-corrected chi connectivity index (χ3v) is 4.05. The zero-order chi connectivity index (χ0) is 13.4. The molecule has 1 saturated heterocycles. The van der Waals surface area contributed by atoms with Crippen LogP contribution in [0, 0.1) is 11.8 Å². The van der Waals surface area contributed by atoms with E-state index in [2.05, 4.69) is 6.92 Å². The molecule has 0 spiro atoms. The number of aliphatic hydroxyl groups excluding tert-OH is 1. The SMILES string of the molecule is CCC(CCN)CCC(=O)N1CCCC(CO)C1. The molecule has 0 aromatic heterocycles. The number of amides is 1. The van der Waals surface area contributed by atoms with E-state index in [1.165, 1.54) is 0 Å². The summed E-state index contributed by atoms with van der Waals surface area (Å²) in [4.78, 5) is 14.0. The highest BCUT2D eigenvalue weighted by molar-refractivity contribution is 5.76. The van der Waals surface area contributed by atoms with Gasteiger partial charge in [-0.25, -0.2) is 0 Å². The van der Waals surface area contributed by atoms with Gasteiger partial charge in [0.05, 0.1) is 0 Å². The van der Waals surface area contributed by atoms with Crippen LogP contribution in [-0.2, 0) is 4.79 Å². The number of carbonyl (C=O) groups excluding carboxylic acids is 1. The molecule has 0 saturated carbocycles. The number of nitrogens with zero attached hydrogens (tertiary/aromatic N) is 1. The van der Waals surface area contributed by atoms with E-state index in [4.69, 9.17) is 10.8 Å². The van der Waals surface area contributed by atoms with E-state index >= 15 is 0 Å². The minimum Gasteiger partial charge on any atom is -0.396 e. The third-order valence-electron chi connectivity index (χ3n) is 4.05. The van der Waals surface area contributed by atoms with Crippen molar-refractivity contribution in [3.05, 3.63) is 0 Å². The van der Waals surface area contributed by atoms with Gasteiger partial charge >= 0.3 is 0 Å². The lowest BCUT2D eigenvalue weighted by atomic mass is 9.95. The number of piperidine rings is 1. The molecular formula is C14H28N2O2. The van der Waals surface area contributed by atoms with Crippen molar-refractivity contribution in [3.63, 3.8) is 0 Å². The third kappa shape index (κ3) is 4.94. The largest absolute Gasteiger partial charge is 0.396 e. The van der Waals surface area contributed by atoms with E-state index in [1.54, 1.807) is 0 Å². The Morgan fingerprint density at radius 3 is 2.89 bits per heavy atom. The molecular weight excluding hydrogens is 228 g/mol. The van der Waals surface area contributed by atoms with Gasteiger partial charge in [0.2, 0.25) is 5.91 Å². The second-order valence-corrected chi connectivity index (χ2v) is 5.42. The minimum absolute atomic E-state index is 0.203. The summed E-state index contributed by atoms with van der Waals surface area (Å²) in [6, 6.07) is 0. The summed E-state index contributed by atoms with van der Waals surface area (Å²) >= 11 is 0. The Morgan fingerprint density at radius 1 is 1.50 bits per heavy atom. The van der Waals surface area contributed by atoms with Gasteiger partial charge in [0, 0.05) is 26.1 Å². The molecule has 2 atom stereocenters. The minimum atomic E-state index is 0.203. The van der Waals surface area contributed by atoms with Crippen LogP contribution in [0.4, 0.5) is 0 Å². The van der Waals surface area contributed by atoms with Crippen LogP contribution < -0.4 is 5.73 Å². The average Bonchev–Trinajstić information content (AvgIpc) is 2.43. The van der Waals surface area contributed by atoms with Crippen LogP contribution in [0.5, 0.6) is 0 Å². The smallest absolute Gasteiger partial charge is 0.222 e. The van der Waals surface area contributed by atoms with Gasteiger partial charge in [0.25, 0.3) is 0 Å². The molecule has 2 unspecified atom stereocenters. The van der Waals surface area contributed by atoms with E-state index in [-0.39, 0.29) is 18.4 Å². The molecule has 106 valence electrons. The van der Waals surface area contributed by atoms with Crippen LogP contribution in [0.2, 0.25) is 0 Å². The van der Waals surface area contributed by atoms with E-state index in [0.717, 1.165) is 45.2 Å². The number of likely N-dealkylation sites (tertiary alicyclic amines) is 1. The fourth-order valence-corrected chi connectivity index (χ4v) is 2.71. The van der Waals surface area contributed by atoms with E-state index < -0.39 is 0 Å². The fourth-order valence-electron chi connectivity index (χ4n) is 2.71. The van der Waals surface area contributed by atoms with Crippen LogP contribution in [0.25, 0.3) is 0 Å². The van der Waals surface area contributed by atoms with Crippen molar-refractivity contribution in [3.8, 4) is 0 Å². The summed E-state index contributed by atoms with van der Waals surface area (Å²) in [5, 5.41) is 9.16. The molecule has 0 aliphatic carbocycles. The highest BCUT2D eigenvalue weighted by Gasteiger charge is 2.23. The average molecular weight is 256 g/mol. The van der Waals surface area contributed by atoms with Gasteiger partial charge in [-0.2, -0.15) is 0 Å². The van der Waals surface area contributed by atoms with Crippen molar-refractivity contribution in [1.82, 2.24) is 4.90 Å². The van der Waals surface area contributed by atoms with E-state index in [1.807, 2.05) is 4.90 Å². The summed E-state index contributed by atoms with van der Waals surface area (Å²) < 4.78 is 0. The summed E-state index contributed by atoms with van der Waals surface area (Å²) in [7, 11) is 0. The summed E-state index contributed by atoms with van der Waals surface area (Å²) in [5.41, 5.74) is 5.57. The second-order valence-electron chi connectivity index (χ2n) is 5.42. The van der Waals surface area contributed by atoms with Gasteiger partial charge in [0.15, 0.2) is 0 Å². The highest BCUT2D eigenvalue weighted by Crippen LogP contribution is 2.19. The number of carbonyl (C=O) groups is 1. The zero-order valence-electron chi connectivity index (χ0n) is 11.6.